The third-order valence-corrected chi connectivity index (χ3v) is 5.98. The van der Waals surface area contributed by atoms with Gasteiger partial charge in [-0.15, -0.1) is 0 Å². The van der Waals surface area contributed by atoms with Crippen molar-refractivity contribution < 1.29 is 13.3 Å². The molecule has 0 aliphatic rings. The monoisotopic (exact) mass is 276 g/mol. The highest BCUT2D eigenvalue weighted by molar-refractivity contribution is 6.60. The van der Waals surface area contributed by atoms with Crippen molar-refractivity contribution in [3.8, 4) is 0 Å². The van der Waals surface area contributed by atoms with Crippen LogP contribution in [0.1, 0.15) is 66.7 Å². The van der Waals surface area contributed by atoms with Crippen LogP contribution in [0.3, 0.4) is 0 Å². The first-order valence-corrected chi connectivity index (χ1v) is 9.49. The van der Waals surface area contributed by atoms with Crippen LogP contribution >= 0.6 is 0 Å². The van der Waals surface area contributed by atoms with Crippen molar-refractivity contribution in [2.75, 3.05) is 13.2 Å². The predicted molar refractivity (Wildman–Crippen MR) is 78.8 cm³/mol. The molecule has 0 bridgehead atoms. The summed E-state index contributed by atoms with van der Waals surface area (Å²) in [7, 11) is -2.42. The summed E-state index contributed by atoms with van der Waals surface area (Å²) in [4.78, 5) is 0. The van der Waals surface area contributed by atoms with Gasteiger partial charge < -0.3 is 13.3 Å². The van der Waals surface area contributed by atoms with Gasteiger partial charge in [-0.25, -0.2) is 0 Å². The summed E-state index contributed by atoms with van der Waals surface area (Å²) in [5.41, 5.74) is 0. The van der Waals surface area contributed by atoms with E-state index in [-0.39, 0.29) is 6.10 Å². The summed E-state index contributed by atoms with van der Waals surface area (Å²) >= 11 is 0. The number of hydrogen-bond acceptors (Lipinski definition) is 3. The Bertz CT molecular complexity index is 180. The van der Waals surface area contributed by atoms with Gasteiger partial charge >= 0.3 is 8.80 Å². The summed E-state index contributed by atoms with van der Waals surface area (Å²) in [5.74, 6) is 0. The summed E-state index contributed by atoms with van der Waals surface area (Å²) < 4.78 is 17.8. The number of hydrogen-bond donors (Lipinski definition) is 0. The van der Waals surface area contributed by atoms with Crippen LogP contribution in [0.15, 0.2) is 0 Å². The van der Waals surface area contributed by atoms with Gasteiger partial charge in [0.15, 0.2) is 0 Å². The molecule has 110 valence electrons. The molecule has 18 heavy (non-hydrogen) atoms. The number of rotatable bonds is 12. The van der Waals surface area contributed by atoms with Gasteiger partial charge in [0.05, 0.1) is 0 Å². The SMILES string of the molecule is CCCCCCC[Si](OCC)(OCC)OC(C)C. The minimum atomic E-state index is -2.42. The van der Waals surface area contributed by atoms with Gasteiger partial charge in [-0.05, 0) is 34.1 Å². The van der Waals surface area contributed by atoms with Gasteiger partial charge in [-0.2, -0.15) is 0 Å². The van der Waals surface area contributed by atoms with Crippen LogP contribution in [0.5, 0.6) is 0 Å². The van der Waals surface area contributed by atoms with Crippen molar-refractivity contribution >= 4 is 8.80 Å². The van der Waals surface area contributed by atoms with E-state index >= 15 is 0 Å². The van der Waals surface area contributed by atoms with Gasteiger partial charge in [0.1, 0.15) is 0 Å². The van der Waals surface area contributed by atoms with Gasteiger partial charge in [0, 0.05) is 25.4 Å². The molecule has 0 rings (SSSR count). The second kappa shape index (κ2) is 11.0. The fourth-order valence-corrected chi connectivity index (χ4v) is 4.96. The smallest absolute Gasteiger partial charge is 0.374 e. The van der Waals surface area contributed by atoms with E-state index in [0.717, 1.165) is 12.5 Å². The summed E-state index contributed by atoms with van der Waals surface area (Å²) in [6, 6.07) is 0.955. The fraction of sp³-hybridized carbons (Fsp3) is 1.00. The molecule has 0 radical (unpaired) electrons. The van der Waals surface area contributed by atoms with Crippen molar-refractivity contribution in [3.63, 3.8) is 0 Å². The molecule has 0 aromatic rings. The molecule has 0 aliphatic carbocycles. The Balaban J connectivity index is 4.23. The summed E-state index contributed by atoms with van der Waals surface area (Å²) in [6.45, 7) is 11.7. The molecule has 0 unspecified atom stereocenters. The van der Waals surface area contributed by atoms with Gasteiger partial charge in [-0.1, -0.05) is 32.6 Å². The zero-order chi connectivity index (χ0) is 13.9. The number of unbranched alkanes of at least 4 members (excludes halogenated alkanes) is 4. The lowest BCUT2D eigenvalue weighted by atomic mass is 10.2. The topological polar surface area (TPSA) is 27.7 Å². The molecule has 0 saturated heterocycles. The Kier molecular flexibility index (Phi) is 11.0. The Labute approximate surface area is 115 Å². The lowest BCUT2D eigenvalue weighted by Gasteiger charge is -2.30. The quantitative estimate of drug-likeness (QED) is 0.391. The maximum Gasteiger partial charge on any atom is 0.501 e. The first-order valence-electron chi connectivity index (χ1n) is 7.55. The van der Waals surface area contributed by atoms with E-state index < -0.39 is 8.80 Å². The lowest BCUT2D eigenvalue weighted by molar-refractivity contribution is 0.0437. The zero-order valence-corrected chi connectivity index (χ0v) is 14.0. The third kappa shape index (κ3) is 8.24. The largest absolute Gasteiger partial charge is 0.501 e. The molecule has 0 spiro atoms. The van der Waals surface area contributed by atoms with E-state index in [4.69, 9.17) is 13.3 Å². The normalized spacial score (nSPS) is 12.3. The van der Waals surface area contributed by atoms with E-state index in [9.17, 15) is 0 Å². The molecule has 0 aromatic heterocycles. The van der Waals surface area contributed by atoms with Crippen LogP contribution < -0.4 is 0 Å². The molecule has 4 heteroatoms. The van der Waals surface area contributed by atoms with Crippen LogP contribution in [0.2, 0.25) is 6.04 Å². The molecule has 0 aliphatic heterocycles. The highest BCUT2D eigenvalue weighted by Gasteiger charge is 2.40. The van der Waals surface area contributed by atoms with Crippen molar-refractivity contribution in [1.82, 2.24) is 0 Å². The van der Waals surface area contributed by atoms with Gasteiger partial charge in [-0.3, -0.25) is 0 Å². The molecule has 3 nitrogen and oxygen atoms in total. The van der Waals surface area contributed by atoms with Crippen LogP contribution in [-0.2, 0) is 13.3 Å². The highest BCUT2D eigenvalue weighted by Crippen LogP contribution is 2.22. The van der Waals surface area contributed by atoms with E-state index in [1.807, 2.05) is 13.8 Å². The molecule has 0 heterocycles. The predicted octanol–water partition coefficient (Wildman–Crippen LogP) is 4.39. The molecule has 0 fully saturated rings. The average Bonchev–Trinajstić information content (AvgIpc) is 2.28. The minimum Gasteiger partial charge on any atom is -0.374 e. The Morgan fingerprint density at radius 2 is 1.39 bits per heavy atom. The minimum absolute atomic E-state index is 0.172. The van der Waals surface area contributed by atoms with E-state index in [1.165, 1.54) is 25.7 Å². The molecule has 0 aromatic carbocycles. The lowest BCUT2D eigenvalue weighted by Crippen LogP contribution is -2.47. The van der Waals surface area contributed by atoms with E-state index in [0.29, 0.717) is 13.2 Å². The van der Waals surface area contributed by atoms with E-state index in [1.54, 1.807) is 0 Å². The van der Waals surface area contributed by atoms with Crippen LogP contribution in [0.4, 0.5) is 0 Å². The van der Waals surface area contributed by atoms with Crippen molar-refractivity contribution in [2.45, 2.75) is 78.9 Å². The highest BCUT2D eigenvalue weighted by atomic mass is 28.4. The van der Waals surface area contributed by atoms with Crippen molar-refractivity contribution in [2.24, 2.45) is 0 Å². The van der Waals surface area contributed by atoms with Crippen molar-refractivity contribution in [1.29, 1.82) is 0 Å². The fourth-order valence-electron chi connectivity index (χ4n) is 2.06. The molecule has 0 saturated carbocycles. The third-order valence-electron chi connectivity index (χ3n) is 2.73. The Morgan fingerprint density at radius 1 is 0.833 bits per heavy atom. The standard InChI is InChI=1S/C14H32O3Si/c1-6-9-10-11-12-13-18(15-7-2,16-8-3)17-14(4)5/h14H,6-13H2,1-5H3. The van der Waals surface area contributed by atoms with Crippen LogP contribution in [0, 0.1) is 0 Å². The van der Waals surface area contributed by atoms with Gasteiger partial charge in [0.2, 0.25) is 0 Å². The second-order valence-electron chi connectivity index (χ2n) is 4.88. The summed E-state index contributed by atoms with van der Waals surface area (Å²) in [6.07, 6.45) is 6.49. The molecule has 0 atom stereocenters. The first-order chi connectivity index (χ1) is 8.60. The molecule has 0 N–H and O–H groups in total. The second-order valence-corrected chi connectivity index (χ2v) is 7.56. The average molecular weight is 276 g/mol. The van der Waals surface area contributed by atoms with Crippen LogP contribution in [0.25, 0.3) is 0 Å². The molecular formula is C14H32O3Si. The van der Waals surface area contributed by atoms with E-state index in [2.05, 4.69) is 20.8 Å². The molecule has 0 amide bonds. The zero-order valence-electron chi connectivity index (χ0n) is 13.0. The Hall–Kier alpha value is 0.0969. The summed E-state index contributed by atoms with van der Waals surface area (Å²) in [5, 5.41) is 0. The van der Waals surface area contributed by atoms with Crippen LogP contribution in [-0.4, -0.2) is 28.1 Å². The molecular weight excluding hydrogens is 244 g/mol. The maximum absolute atomic E-state index is 6.02. The maximum atomic E-state index is 6.02. The first kappa shape index (κ1) is 18.1. The Morgan fingerprint density at radius 3 is 1.83 bits per heavy atom. The van der Waals surface area contributed by atoms with Gasteiger partial charge in [0.25, 0.3) is 0 Å². The van der Waals surface area contributed by atoms with Crippen molar-refractivity contribution in [3.05, 3.63) is 0 Å².